The van der Waals surface area contributed by atoms with Crippen LogP contribution in [0.15, 0.2) is 6.20 Å². The van der Waals surface area contributed by atoms with Gasteiger partial charge in [-0.3, -0.25) is 0 Å². The lowest BCUT2D eigenvalue weighted by molar-refractivity contribution is 0.662. The van der Waals surface area contributed by atoms with Crippen LogP contribution in [0, 0.1) is 6.92 Å². The fourth-order valence-electron chi connectivity index (χ4n) is 2.55. The third kappa shape index (κ3) is 3.70. The number of pyridine rings is 1. The summed E-state index contributed by atoms with van der Waals surface area (Å²) in [4.78, 5) is 8.91. The number of hydrogen-bond acceptors (Lipinski definition) is 4. The first-order valence-corrected chi connectivity index (χ1v) is 9.02. The van der Waals surface area contributed by atoms with Crippen molar-refractivity contribution in [1.29, 1.82) is 0 Å². The predicted molar refractivity (Wildman–Crippen MR) is 92.9 cm³/mol. The predicted octanol–water partition coefficient (Wildman–Crippen LogP) is 3.81. The number of nitrogens with zero attached hydrogens (tertiary/aromatic N) is 3. The van der Waals surface area contributed by atoms with Crippen molar-refractivity contribution in [2.75, 3.05) is 17.2 Å². The summed E-state index contributed by atoms with van der Waals surface area (Å²) >= 11 is 2.06. The van der Waals surface area contributed by atoms with Gasteiger partial charge < -0.3 is 10.3 Å². The Morgan fingerprint density at radius 1 is 1.24 bits per heavy atom. The van der Waals surface area contributed by atoms with E-state index >= 15 is 0 Å². The molecule has 0 aliphatic rings. The van der Waals surface area contributed by atoms with Crippen LogP contribution in [0.5, 0.6) is 0 Å². The van der Waals surface area contributed by atoms with Gasteiger partial charge in [-0.1, -0.05) is 20.3 Å². The monoisotopic (exact) mass is 306 g/mol. The van der Waals surface area contributed by atoms with Gasteiger partial charge in [0.2, 0.25) is 0 Å². The molecule has 0 aromatic carbocycles. The molecule has 0 radical (unpaired) electrons. The number of thioether (sulfide) groups is 1. The standard InChI is InChI=1S/C16H26N4S/c1-4-6-9-21-10-7-8-20-13(5-2)19-14-15(20)12(3)11-18-16(14)17/h11H,4-10H2,1-3H3,(H2,17,18). The van der Waals surface area contributed by atoms with Gasteiger partial charge in [-0.25, -0.2) is 9.97 Å². The van der Waals surface area contributed by atoms with Crippen LogP contribution in [0.3, 0.4) is 0 Å². The second kappa shape index (κ2) is 7.69. The highest BCUT2D eigenvalue weighted by molar-refractivity contribution is 7.99. The molecule has 2 aromatic heterocycles. The maximum Gasteiger partial charge on any atom is 0.151 e. The number of hydrogen-bond donors (Lipinski definition) is 1. The van der Waals surface area contributed by atoms with Gasteiger partial charge in [-0.2, -0.15) is 11.8 Å². The number of nitrogen functional groups attached to an aromatic ring is 1. The van der Waals surface area contributed by atoms with Crippen molar-refractivity contribution in [2.45, 2.75) is 53.0 Å². The zero-order chi connectivity index (χ0) is 15.2. The molecule has 2 heterocycles. The summed E-state index contributed by atoms with van der Waals surface area (Å²) in [5.41, 5.74) is 9.17. The fraction of sp³-hybridized carbons (Fsp3) is 0.625. The Bertz CT molecular complexity index is 591. The van der Waals surface area contributed by atoms with Crippen molar-refractivity contribution in [2.24, 2.45) is 0 Å². The Kier molecular flexibility index (Phi) is 5.91. The van der Waals surface area contributed by atoms with Gasteiger partial charge >= 0.3 is 0 Å². The highest BCUT2D eigenvalue weighted by Crippen LogP contribution is 2.24. The summed E-state index contributed by atoms with van der Waals surface area (Å²) in [6.07, 6.45) is 6.56. The minimum atomic E-state index is 0.543. The third-order valence-corrected chi connectivity index (χ3v) is 4.84. The molecule has 0 bridgehead atoms. The summed E-state index contributed by atoms with van der Waals surface area (Å²) in [6, 6.07) is 0. The van der Waals surface area contributed by atoms with Crippen LogP contribution in [0.4, 0.5) is 5.82 Å². The molecular weight excluding hydrogens is 280 g/mol. The molecule has 0 aliphatic heterocycles. The zero-order valence-corrected chi connectivity index (χ0v) is 14.2. The largest absolute Gasteiger partial charge is 0.382 e. The van der Waals surface area contributed by atoms with Gasteiger partial charge in [0.1, 0.15) is 11.3 Å². The molecule has 0 amide bonds. The molecule has 5 heteroatoms. The molecule has 0 atom stereocenters. The number of anilines is 1. The van der Waals surface area contributed by atoms with E-state index in [0.29, 0.717) is 5.82 Å². The first-order chi connectivity index (χ1) is 10.2. The van der Waals surface area contributed by atoms with Crippen LogP contribution in [-0.2, 0) is 13.0 Å². The van der Waals surface area contributed by atoms with Crippen LogP contribution in [0.2, 0.25) is 0 Å². The molecule has 21 heavy (non-hydrogen) atoms. The van der Waals surface area contributed by atoms with Crippen molar-refractivity contribution in [3.8, 4) is 0 Å². The Balaban J connectivity index is 2.12. The van der Waals surface area contributed by atoms with Gasteiger partial charge in [0.15, 0.2) is 5.82 Å². The molecule has 0 spiro atoms. The van der Waals surface area contributed by atoms with E-state index in [9.17, 15) is 0 Å². The number of fused-ring (bicyclic) bond motifs is 1. The van der Waals surface area contributed by atoms with Crippen LogP contribution < -0.4 is 5.73 Å². The number of aromatic nitrogens is 3. The van der Waals surface area contributed by atoms with Crippen LogP contribution in [0.25, 0.3) is 11.0 Å². The summed E-state index contributed by atoms with van der Waals surface area (Å²) in [7, 11) is 0. The minimum absolute atomic E-state index is 0.543. The molecule has 0 fully saturated rings. The summed E-state index contributed by atoms with van der Waals surface area (Å²) < 4.78 is 2.34. The average molecular weight is 306 g/mol. The third-order valence-electron chi connectivity index (χ3n) is 3.69. The van der Waals surface area contributed by atoms with Gasteiger partial charge in [0, 0.05) is 19.2 Å². The van der Waals surface area contributed by atoms with E-state index in [2.05, 4.69) is 47.1 Å². The molecular formula is C16H26N4S. The van der Waals surface area contributed by atoms with Gasteiger partial charge in [0.05, 0.1) is 5.52 Å². The molecule has 0 aliphatic carbocycles. The second-order valence-electron chi connectivity index (χ2n) is 5.38. The quantitative estimate of drug-likeness (QED) is 0.754. The highest BCUT2D eigenvalue weighted by Gasteiger charge is 2.14. The molecule has 2 aromatic rings. The fourth-order valence-corrected chi connectivity index (χ4v) is 3.58. The van der Waals surface area contributed by atoms with Gasteiger partial charge in [-0.05, 0) is 36.8 Å². The molecule has 0 unspecified atom stereocenters. The van der Waals surface area contributed by atoms with Gasteiger partial charge in [0.25, 0.3) is 0 Å². The van der Waals surface area contributed by atoms with Crippen LogP contribution >= 0.6 is 11.8 Å². The molecule has 116 valence electrons. The van der Waals surface area contributed by atoms with E-state index in [1.165, 1.54) is 30.8 Å². The Morgan fingerprint density at radius 3 is 2.71 bits per heavy atom. The van der Waals surface area contributed by atoms with Crippen LogP contribution in [-0.4, -0.2) is 26.0 Å². The van der Waals surface area contributed by atoms with Crippen molar-refractivity contribution in [3.05, 3.63) is 17.6 Å². The van der Waals surface area contributed by atoms with Crippen molar-refractivity contribution < 1.29 is 0 Å². The smallest absolute Gasteiger partial charge is 0.151 e. The Morgan fingerprint density at radius 2 is 2.00 bits per heavy atom. The first kappa shape index (κ1) is 16.1. The van der Waals surface area contributed by atoms with Crippen molar-refractivity contribution in [3.63, 3.8) is 0 Å². The zero-order valence-electron chi connectivity index (χ0n) is 13.4. The molecule has 0 saturated carbocycles. The lowest BCUT2D eigenvalue weighted by atomic mass is 10.2. The number of rotatable bonds is 8. The first-order valence-electron chi connectivity index (χ1n) is 7.86. The van der Waals surface area contributed by atoms with E-state index in [1.807, 2.05) is 6.20 Å². The summed E-state index contributed by atoms with van der Waals surface area (Å²) in [6.45, 7) is 7.49. The number of aryl methyl sites for hydroxylation is 3. The minimum Gasteiger partial charge on any atom is -0.382 e. The summed E-state index contributed by atoms with van der Waals surface area (Å²) in [5, 5.41) is 0. The van der Waals surface area contributed by atoms with E-state index in [-0.39, 0.29) is 0 Å². The second-order valence-corrected chi connectivity index (χ2v) is 6.60. The Labute approximate surface area is 131 Å². The molecule has 2 rings (SSSR count). The van der Waals surface area contributed by atoms with E-state index in [1.54, 1.807) is 0 Å². The lowest BCUT2D eigenvalue weighted by Crippen LogP contribution is -2.05. The maximum atomic E-state index is 5.98. The van der Waals surface area contributed by atoms with Crippen molar-refractivity contribution >= 4 is 28.6 Å². The highest BCUT2D eigenvalue weighted by atomic mass is 32.2. The number of imidazole rings is 1. The van der Waals surface area contributed by atoms with E-state index < -0.39 is 0 Å². The number of nitrogens with two attached hydrogens (primary N) is 1. The topological polar surface area (TPSA) is 56.7 Å². The maximum absolute atomic E-state index is 5.98. The van der Waals surface area contributed by atoms with E-state index in [4.69, 9.17) is 5.73 Å². The average Bonchev–Trinajstić information content (AvgIpc) is 2.86. The normalized spacial score (nSPS) is 11.4. The molecule has 2 N–H and O–H groups in total. The van der Waals surface area contributed by atoms with Crippen molar-refractivity contribution in [1.82, 2.24) is 14.5 Å². The lowest BCUT2D eigenvalue weighted by Gasteiger charge is -2.09. The van der Waals surface area contributed by atoms with E-state index in [0.717, 1.165) is 35.4 Å². The molecule has 4 nitrogen and oxygen atoms in total. The molecule has 0 saturated heterocycles. The Hall–Kier alpha value is -1.23. The number of unbranched alkanes of at least 4 members (excludes halogenated alkanes) is 1. The van der Waals surface area contributed by atoms with Gasteiger partial charge in [-0.15, -0.1) is 0 Å². The van der Waals surface area contributed by atoms with Crippen LogP contribution in [0.1, 0.15) is 44.5 Å². The SMILES string of the molecule is CCCCSCCCn1c(CC)nc2c(N)ncc(C)c21. The summed E-state index contributed by atoms with van der Waals surface area (Å²) in [5.74, 6) is 4.15.